The standard InChI is InChI=1S/C21H31ClOSi/c1-24(2,3)21-18(22)15-19(17-12-8-5-9-13-17)23-20(21)14-16-10-6-4-7-11-16/h4,6-7,10-11,17,19-20H,5,8-9,12-15H2,1-3H3/t19-,20+/m1/s1. The molecule has 0 unspecified atom stereocenters. The van der Waals surface area contributed by atoms with Crippen molar-refractivity contribution >= 4 is 19.7 Å². The Morgan fingerprint density at radius 1 is 1.04 bits per heavy atom. The van der Waals surface area contributed by atoms with Crippen LogP contribution in [0.25, 0.3) is 0 Å². The first kappa shape index (κ1) is 18.2. The quantitative estimate of drug-likeness (QED) is 0.568. The topological polar surface area (TPSA) is 9.23 Å². The number of ether oxygens (including phenoxy) is 1. The third-order valence-electron chi connectivity index (χ3n) is 5.58. The molecule has 0 amide bonds. The maximum atomic E-state index is 6.88. The highest BCUT2D eigenvalue weighted by Crippen LogP contribution is 2.40. The molecule has 1 nitrogen and oxygen atoms in total. The first-order valence-electron chi connectivity index (χ1n) is 9.53. The number of hydrogen-bond acceptors (Lipinski definition) is 1. The molecular weight excluding hydrogens is 332 g/mol. The van der Waals surface area contributed by atoms with Gasteiger partial charge >= 0.3 is 0 Å². The van der Waals surface area contributed by atoms with Gasteiger partial charge in [0.1, 0.15) is 0 Å². The van der Waals surface area contributed by atoms with Crippen molar-refractivity contribution in [3.63, 3.8) is 0 Å². The second-order valence-corrected chi connectivity index (χ2v) is 14.0. The Balaban J connectivity index is 1.84. The first-order valence-corrected chi connectivity index (χ1v) is 13.4. The molecule has 0 bridgehead atoms. The summed E-state index contributed by atoms with van der Waals surface area (Å²) in [5.41, 5.74) is 1.35. The molecule has 1 fully saturated rings. The summed E-state index contributed by atoms with van der Waals surface area (Å²) in [4.78, 5) is 0. The fourth-order valence-electron chi connectivity index (χ4n) is 4.44. The summed E-state index contributed by atoms with van der Waals surface area (Å²) < 4.78 is 6.73. The van der Waals surface area contributed by atoms with Crippen LogP contribution in [0.15, 0.2) is 40.6 Å². The van der Waals surface area contributed by atoms with Crippen molar-refractivity contribution in [3.8, 4) is 0 Å². The van der Waals surface area contributed by atoms with Crippen molar-refractivity contribution in [2.24, 2.45) is 5.92 Å². The van der Waals surface area contributed by atoms with Crippen molar-refractivity contribution in [3.05, 3.63) is 46.1 Å². The lowest BCUT2D eigenvalue weighted by Crippen LogP contribution is -2.43. The lowest BCUT2D eigenvalue weighted by molar-refractivity contribution is -0.0402. The maximum Gasteiger partial charge on any atom is 0.0808 e. The summed E-state index contributed by atoms with van der Waals surface area (Å²) >= 11 is 6.88. The van der Waals surface area contributed by atoms with Gasteiger partial charge in [-0.2, -0.15) is 0 Å². The number of rotatable bonds is 4. The maximum absolute atomic E-state index is 6.88. The fraction of sp³-hybridized carbons (Fsp3) is 0.619. The molecule has 1 heterocycles. The monoisotopic (exact) mass is 362 g/mol. The second kappa shape index (κ2) is 7.76. The first-order chi connectivity index (χ1) is 11.4. The second-order valence-electron chi connectivity index (χ2n) is 8.52. The van der Waals surface area contributed by atoms with Crippen LogP contribution in [0.5, 0.6) is 0 Å². The molecule has 24 heavy (non-hydrogen) atoms. The predicted octanol–water partition coefficient (Wildman–Crippen LogP) is 6.34. The van der Waals surface area contributed by atoms with Crippen molar-refractivity contribution in [2.45, 2.75) is 76.8 Å². The molecule has 1 aliphatic heterocycles. The molecule has 2 aliphatic rings. The van der Waals surface area contributed by atoms with Crippen LogP contribution in [0.1, 0.15) is 44.1 Å². The SMILES string of the molecule is C[Si](C)(C)C1=C(Cl)C[C@H](C2CCCCC2)O[C@H]1Cc1ccccc1. The van der Waals surface area contributed by atoms with E-state index in [2.05, 4.69) is 50.0 Å². The lowest BCUT2D eigenvalue weighted by Gasteiger charge is -2.41. The van der Waals surface area contributed by atoms with Gasteiger partial charge in [-0.1, -0.05) is 80.8 Å². The Hall–Kier alpha value is -0.573. The molecule has 0 aromatic heterocycles. The fourth-order valence-corrected chi connectivity index (χ4v) is 7.62. The van der Waals surface area contributed by atoms with E-state index in [-0.39, 0.29) is 6.10 Å². The Morgan fingerprint density at radius 3 is 2.33 bits per heavy atom. The van der Waals surface area contributed by atoms with Gasteiger partial charge in [0.05, 0.1) is 20.3 Å². The van der Waals surface area contributed by atoms with Crippen molar-refractivity contribution in [2.75, 3.05) is 0 Å². The van der Waals surface area contributed by atoms with E-state index in [1.54, 1.807) is 0 Å². The number of benzene rings is 1. The average Bonchev–Trinajstić information content (AvgIpc) is 2.55. The molecule has 1 saturated carbocycles. The Morgan fingerprint density at radius 2 is 1.71 bits per heavy atom. The highest BCUT2D eigenvalue weighted by molar-refractivity contribution is 6.84. The van der Waals surface area contributed by atoms with Gasteiger partial charge in [0.15, 0.2) is 0 Å². The minimum Gasteiger partial charge on any atom is -0.370 e. The molecule has 1 aromatic carbocycles. The zero-order valence-corrected chi connectivity index (χ0v) is 17.1. The molecule has 0 radical (unpaired) electrons. The van der Waals surface area contributed by atoms with Crippen LogP contribution in [-0.2, 0) is 11.2 Å². The predicted molar refractivity (Wildman–Crippen MR) is 106 cm³/mol. The van der Waals surface area contributed by atoms with Gasteiger partial charge in [0.2, 0.25) is 0 Å². The summed E-state index contributed by atoms with van der Waals surface area (Å²) in [7, 11) is -1.49. The number of halogens is 1. The van der Waals surface area contributed by atoms with E-state index in [9.17, 15) is 0 Å². The van der Waals surface area contributed by atoms with E-state index in [1.807, 2.05) is 0 Å². The van der Waals surface area contributed by atoms with Crippen molar-refractivity contribution in [1.82, 2.24) is 0 Å². The Labute approximate surface area is 153 Å². The summed E-state index contributed by atoms with van der Waals surface area (Å²) in [6.45, 7) is 7.19. The van der Waals surface area contributed by atoms with Crippen LogP contribution in [0.4, 0.5) is 0 Å². The zero-order chi connectivity index (χ0) is 17.2. The summed E-state index contributed by atoms with van der Waals surface area (Å²) in [5.74, 6) is 0.703. The Bertz CT molecular complexity index is 569. The molecule has 1 aromatic rings. The minimum atomic E-state index is -1.49. The van der Waals surface area contributed by atoms with E-state index in [4.69, 9.17) is 16.3 Å². The van der Waals surface area contributed by atoms with Gasteiger partial charge in [-0.05, 0) is 29.5 Å². The summed E-state index contributed by atoms with van der Waals surface area (Å²) in [6.07, 6.45) is 9.13. The van der Waals surface area contributed by atoms with Gasteiger partial charge in [-0.25, -0.2) is 0 Å². The highest BCUT2D eigenvalue weighted by Gasteiger charge is 2.38. The van der Waals surface area contributed by atoms with E-state index in [0.29, 0.717) is 12.0 Å². The van der Waals surface area contributed by atoms with Crippen LogP contribution in [0.3, 0.4) is 0 Å². The van der Waals surface area contributed by atoms with Crippen LogP contribution >= 0.6 is 11.6 Å². The molecule has 3 heteroatoms. The van der Waals surface area contributed by atoms with Crippen LogP contribution in [-0.4, -0.2) is 20.3 Å². The molecular formula is C21H31ClOSi. The smallest absolute Gasteiger partial charge is 0.0808 e. The third kappa shape index (κ3) is 4.33. The summed E-state index contributed by atoms with van der Waals surface area (Å²) in [6, 6.07) is 10.7. The van der Waals surface area contributed by atoms with E-state index in [1.165, 1.54) is 42.9 Å². The van der Waals surface area contributed by atoms with Gasteiger partial charge < -0.3 is 4.74 Å². The minimum absolute atomic E-state index is 0.173. The third-order valence-corrected chi connectivity index (χ3v) is 8.34. The van der Waals surface area contributed by atoms with Crippen molar-refractivity contribution in [1.29, 1.82) is 0 Å². The van der Waals surface area contributed by atoms with Crippen molar-refractivity contribution < 1.29 is 4.74 Å². The van der Waals surface area contributed by atoms with Gasteiger partial charge in [0.25, 0.3) is 0 Å². The largest absolute Gasteiger partial charge is 0.370 e. The molecule has 2 atom stereocenters. The normalized spacial score (nSPS) is 26.7. The molecule has 0 spiro atoms. The molecule has 132 valence electrons. The molecule has 0 saturated heterocycles. The van der Waals surface area contributed by atoms with Gasteiger partial charge in [-0.3, -0.25) is 0 Å². The van der Waals surface area contributed by atoms with E-state index >= 15 is 0 Å². The highest BCUT2D eigenvalue weighted by atomic mass is 35.5. The average molecular weight is 363 g/mol. The van der Waals surface area contributed by atoms with Crippen LogP contribution in [0, 0.1) is 5.92 Å². The lowest BCUT2D eigenvalue weighted by atomic mass is 9.83. The van der Waals surface area contributed by atoms with Gasteiger partial charge in [-0.15, -0.1) is 0 Å². The van der Waals surface area contributed by atoms with E-state index < -0.39 is 8.07 Å². The van der Waals surface area contributed by atoms with Gasteiger partial charge in [0, 0.05) is 17.9 Å². The zero-order valence-electron chi connectivity index (χ0n) is 15.4. The van der Waals surface area contributed by atoms with Crippen LogP contribution < -0.4 is 0 Å². The molecule has 0 N–H and O–H groups in total. The summed E-state index contributed by atoms with van der Waals surface area (Å²) in [5, 5.41) is 2.57. The molecule has 3 rings (SSSR count). The number of hydrogen-bond donors (Lipinski definition) is 0. The molecule has 1 aliphatic carbocycles. The van der Waals surface area contributed by atoms with Crippen LogP contribution in [0.2, 0.25) is 19.6 Å². The Kier molecular flexibility index (Phi) is 5.89. The van der Waals surface area contributed by atoms with E-state index in [0.717, 1.165) is 17.9 Å².